The molecule has 0 fully saturated rings. The molecular weight excluding hydrogens is 392 g/mol. The lowest BCUT2D eigenvalue weighted by atomic mass is 10.1. The van der Waals surface area contributed by atoms with Crippen LogP contribution in [-0.2, 0) is 19.1 Å². The highest BCUT2D eigenvalue weighted by molar-refractivity contribution is 6.34. The van der Waals surface area contributed by atoms with E-state index in [0.717, 1.165) is 16.7 Å². The van der Waals surface area contributed by atoms with Gasteiger partial charge in [-0.15, -0.1) is 0 Å². The first-order valence-electron chi connectivity index (χ1n) is 9.08. The molecule has 2 N–H and O–H groups in total. The molecule has 0 unspecified atom stereocenters. The third-order valence-electron chi connectivity index (χ3n) is 3.92. The number of rotatable bonds is 8. The third kappa shape index (κ3) is 7.79. The van der Waals surface area contributed by atoms with E-state index in [4.69, 9.17) is 16.3 Å². The Morgan fingerprint density at radius 3 is 2.52 bits per heavy atom. The van der Waals surface area contributed by atoms with Gasteiger partial charge in [-0.05, 0) is 42.7 Å². The first-order chi connectivity index (χ1) is 13.8. The van der Waals surface area contributed by atoms with Gasteiger partial charge in [0.15, 0.2) is 6.61 Å². The lowest BCUT2D eigenvalue weighted by Gasteiger charge is -2.12. The Bertz CT molecular complexity index is 887. The fourth-order valence-electron chi connectivity index (χ4n) is 2.55. The molecule has 0 heterocycles. The topological polar surface area (TPSA) is 84.5 Å². The highest BCUT2D eigenvalue weighted by atomic mass is 35.5. The van der Waals surface area contributed by atoms with Crippen molar-refractivity contribution in [2.24, 2.45) is 0 Å². The summed E-state index contributed by atoms with van der Waals surface area (Å²) in [5, 5.41) is 5.65. The van der Waals surface area contributed by atoms with Gasteiger partial charge in [-0.1, -0.05) is 48.0 Å². The summed E-state index contributed by atoms with van der Waals surface area (Å²) in [5.74, 6) is -1.38. The quantitative estimate of drug-likeness (QED) is 0.510. The van der Waals surface area contributed by atoms with Crippen LogP contribution in [0, 0.1) is 13.8 Å². The fraction of sp³-hybridized carbons (Fsp3) is 0.227. The number of hydrogen-bond acceptors (Lipinski definition) is 4. The summed E-state index contributed by atoms with van der Waals surface area (Å²) in [4.78, 5) is 35.5. The fourth-order valence-corrected chi connectivity index (χ4v) is 2.92. The van der Waals surface area contributed by atoms with E-state index in [1.165, 1.54) is 6.08 Å². The maximum absolute atomic E-state index is 12.0. The number of carbonyl (C=O) groups excluding carboxylic acids is 3. The molecule has 0 radical (unpaired) electrons. The van der Waals surface area contributed by atoms with Gasteiger partial charge in [0.2, 0.25) is 5.91 Å². The number of esters is 1. The van der Waals surface area contributed by atoms with Crippen LogP contribution in [0.2, 0.25) is 5.02 Å². The SMILES string of the molecule is Cc1cc(C)c(NC(=O)COC(=O)CCNC(=O)/C=C/c2ccccc2)c(Cl)c1. The summed E-state index contributed by atoms with van der Waals surface area (Å²) in [6.45, 7) is 3.42. The Balaban J connectivity index is 1.68. The van der Waals surface area contributed by atoms with Crippen LogP contribution in [0.5, 0.6) is 0 Å². The number of halogens is 1. The molecule has 2 aromatic rings. The van der Waals surface area contributed by atoms with Crippen LogP contribution in [0.15, 0.2) is 48.5 Å². The van der Waals surface area contributed by atoms with Crippen molar-refractivity contribution in [2.45, 2.75) is 20.3 Å². The second-order valence-electron chi connectivity index (χ2n) is 6.43. The maximum atomic E-state index is 12.0. The number of amides is 2. The van der Waals surface area contributed by atoms with E-state index >= 15 is 0 Å². The van der Waals surface area contributed by atoms with Gasteiger partial charge in [-0.25, -0.2) is 0 Å². The minimum absolute atomic E-state index is 0.0392. The summed E-state index contributed by atoms with van der Waals surface area (Å²) < 4.78 is 4.93. The van der Waals surface area contributed by atoms with Crippen LogP contribution in [-0.4, -0.2) is 30.9 Å². The first kappa shape index (κ1) is 22.2. The molecule has 2 rings (SSSR count). The van der Waals surface area contributed by atoms with Gasteiger partial charge in [0.1, 0.15) is 0 Å². The van der Waals surface area contributed by atoms with Crippen molar-refractivity contribution in [3.05, 3.63) is 70.3 Å². The van der Waals surface area contributed by atoms with Gasteiger partial charge in [0.05, 0.1) is 17.1 Å². The van der Waals surface area contributed by atoms with E-state index < -0.39 is 18.5 Å². The van der Waals surface area contributed by atoms with Crippen LogP contribution in [0.3, 0.4) is 0 Å². The molecule has 2 aromatic carbocycles. The highest BCUT2D eigenvalue weighted by Crippen LogP contribution is 2.27. The smallest absolute Gasteiger partial charge is 0.308 e. The lowest BCUT2D eigenvalue weighted by Crippen LogP contribution is -2.26. The summed E-state index contributed by atoms with van der Waals surface area (Å²) in [6, 6.07) is 13.0. The summed E-state index contributed by atoms with van der Waals surface area (Å²) >= 11 is 6.14. The van der Waals surface area contributed by atoms with E-state index in [9.17, 15) is 14.4 Å². The van der Waals surface area contributed by atoms with Crippen LogP contribution in [0.25, 0.3) is 6.08 Å². The average Bonchev–Trinajstić information content (AvgIpc) is 2.68. The number of hydrogen-bond donors (Lipinski definition) is 2. The summed E-state index contributed by atoms with van der Waals surface area (Å²) in [7, 11) is 0. The largest absolute Gasteiger partial charge is 0.456 e. The Labute approximate surface area is 174 Å². The lowest BCUT2D eigenvalue weighted by molar-refractivity contribution is -0.147. The normalized spacial score (nSPS) is 10.6. The Morgan fingerprint density at radius 2 is 1.83 bits per heavy atom. The number of carbonyl (C=O) groups is 3. The van der Waals surface area contributed by atoms with E-state index in [2.05, 4.69) is 10.6 Å². The van der Waals surface area contributed by atoms with Crippen LogP contribution < -0.4 is 10.6 Å². The minimum Gasteiger partial charge on any atom is -0.456 e. The zero-order chi connectivity index (χ0) is 21.2. The number of nitrogens with one attached hydrogen (secondary N) is 2. The van der Waals surface area contributed by atoms with Gasteiger partial charge < -0.3 is 15.4 Å². The van der Waals surface area contributed by atoms with Crippen LogP contribution in [0.1, 0.15) is 23.1 Å². The molecule has 2 amide bonds. The molecule has 0 aliphatic carbocycles. The molecular formula is C22H23ClN2O4. The number of aryl methyl sites for hydroxylation is 2. The molecule has 0 atom stereocenters. The van der Waals surface area contributed by atoms with Crippen molar-refractivity contribution in [1.82, 2.24) is 5.32 Å². The molecule has 0 aromatic heterocycles. The Hall–Kier alpha value is -3.12. The zero-order valence-electron chi connectivity index (χ0n) is 16.3. The molecule has 152 valence electrons. The molecule has 0 spiro atoms. The van der Waals surface area contributed by atoms with Crippen LogP contribution in [0.4, 0.5) is 5.69 Å². The van der Waals surface area contributed by atoms with Gasteiger partial charge in [-0.2, -0.15) is 0 Å². The molecule has 6 nitrogen and oxygen atoms in total. The molecule has 0 aliphatic heterocycles. The highest BCUT2D eigenvalue weighted by Gasteiger charge is 2.12. The van der Waals surface area contributed by atoms with Crippen molar-refractivity contribution >= 4 is 41.1 Å². The molecule has 29 heavy (non-hydrogen) atoms. The van der Waals surface area contributed by atoms with Crippen molar-refractivity contribution in [2.75, 3.05) is 18.5 Å². The maximum Gasteiger partial charge on any atom is 0.308 e. The predicted molar refractivity (Wildman–Crippen MR) is 114 cm³/mol. The molecule has 0 saturated carbocycles. The van der Waals surface area contributed by atoms with Gasteiger partial charge >= 0.3 is 5.97 Å². The van der Waals surface area contributed by atoms with Crippen molar-refractivity contribution in [1.29, 1.82) is 0 Å². The molecule has 0 aliphatic rings. The zero-order valence-corrected chi connectivity index (χ0v) is 17.1. The van der Waals surface area contributed by atoms with E-state index in [-0.39, 0.29) is 18.9 Å². The number of ether oxygens (including phenoxy) is 1. The van der Waals surface area contributed by atoms with Gasteiger partial charge in [0.25, 0.3) is 5.91 Å². The average molecular weight is 415 g/mol. The summed E-state index contributed by atoms with van der Waals surface area (Å²) in [6.07, 6.45) is 3.03. The first-order valence-corrected chi connectivity index (χ1v) is 9.46. The van der Waals surface area contributed by atoms with E-state index in [0.29, 0.717) is 10.7 Å². The predicted octanol–water partition coefficient (Wildman–Crippen LogP) is 3.66. The van der Waals surface area contributed by atoms with Gasteiger partial charge in [-0.3, -0.25) is 14.4 Å². The monoisotopic (exact) mass is 414 g/mol. The van der Waals surface area contributed by atoms with Crippen molar-refractivity contribution in [3.8, 4) is 0 Å². The standard InChI is InChI=1S/C22H23ClN2O4/c1-15-12-16(2)22(18(23)13-15)25-20(27)14-29-21(28)10-11-24-19(26)9-8-17-6-4-3-5-7-17/h3-9,12-13H,10-11,14H2,1-2H3,(H,24,26)(H,25,27)/b9-8+. The van der Waals surface area contributed by atoms with Crippen LogP contribution >= 0.6 is 11.6 Å². The van der Waals surface area contributed by atoms with Crippen molar-refractivity contribution in [3.63, 3.8) is 0 Å². The molecule has 7 heteroatoms. The minimum atomic E-state index is -0.584. The summed E-state index contributed by atoms with van der Waals surface area (Å²) in [5.41, 5.74) is 3.20. The second kappa shape index (κ2) is 11.0. The van der Waals surface area contributed by atoms with E-state index in [1.54, 1.807) is 12.1 Å². The van der Waals surface area contributed by atoms with Gasteiger partial charge in [0, 0.05) is 12.6 Å². The third-order valence-corrected chi connectivity index (χ3v) is 4.21. The Morgan fingerprint density at radius 1 is 1.10 bits per heavy atom. The second-order valence-corrected chi connectivity index (χ2v) is 6.84. The number of anilines is 1. The number of benzene rings is 2. The van der Waals surface area contributed by atoms with Crippen molar-refractivity contribution < 1.29 is 19.1 Å². The molecule has 0 bridgehead atoms. The molecule has 0 saturated heterocycles. The van der Waals surface area contributed by atoms with E-state index in [1.807, 2.05) is 50.2 Å². The Kier molecular flexibility index (Phi) is 8.43.